The molecule has 0 amide bonds. The molecule has 3 atom stereocenters. The Morgan fingerprint density at radius 3 is 2.47 bits per heavy atom. The van der Waals surface area contributed by atoms with E-state index < -0.39 is 0 Å². The molecule has 0 aliphatic heterocycles. The standard InChI is InChI=1S/C13H19Cl2NO/c1-8(7-17)9(2)16-10(3)11-5-4-6-12(14)13(11)15/h4-6,8-10,16-17H,7H2,1-3H3. The van der Waals surface area contributed by atoms with Crippen LogP contribution in [0, 0.1) is 5.92 Å². The van der Waals surface area contributed by atoms with Crippen LogP contribution in [0.3, 0.4) is 0 Å². The third-order valence-electron chi connectivity index (χ3n) is 3.10. The number of halogens is 2. The van der Waals surface area contributed by atoms with E-state index in [1.54, 1.807) is 6.07 Å². The molecule has 0 saturated heterocycles. The van der Waals surface area contributed by atoms with Gasteiger partial charge < -0.3 is 10.4 Å². The second-order valence-electron chi connectivity index (χ2n) is 4.48. The monoisotopic (exact) mass is 275 g/mol. The van der Waals surface area contributed by atoms with E-state index in [9.17, 15) is 0 Å². The maximum absolute atomic E-state index is 9.10. The normalized spacial score (nSPS) is 16.6. The fraction of sp³-hybridized carbons (Fsp3) is 0.538. The summed E-state index contributed by atoms with van der Waals surface area (Å²) in [5, 5.41) is 13.7. The molecule has 1 aromatic rings. The fourth-order valence-electron chi connectivity index (χ4n) is 1.66. The molecule has 1 aromatic carbocycles. The van der Waals surface area contributed by atoms with Crippen molar-refractivity contribution in [3.05, 3.63) is 33.8 Å². The zero-order chi connectivity index (χ0) is 13.0. The molecule has 96 valence electrons. The SMILES string of the molecule is CC(NC(C)C(C)CO)c1cccc(Cl)c1Cl. The topological polar surface area (TPSA) is 32.3 Å². The van der Waals surface area contributed by atoms with Crippen molar-refractivity contribution < 1.29 is 5.11 Å². The average molecular weight is 276 g/mol. The first-order valence-electron chi connectivity index (χ1n) is 5.78. The number of hydrogen-bond donors (Lipinski definition) is 2. The molecule has 0 radical (unpaired) electrons. The smallest absolute Gasteiger partial charge is 0.0639 e. The summed E-state index contributed by atoms with van der Waals surface area (Å²) in [5.41, 5.74) is 0.983. The van der Waals surface area contributed by atoms with Crippen LogP contribution in [0.15, 0.2) is 18.2 Å². The molecule has 0 aromatic heterocycles. The van der Waals surface area contributed by atoms with Gasteiger partial charge in [0.1, 0.15) is 0 Å². The van der Waals surface area contributed by atoms with Crippen LogP contribution in [0.5, 0.6) is 0 Å². The number of benzene rings is 1. The van der Waals surface area contributed by atoms with Crippen LogP contribution in [0.1, 0.15) is 32.4 Å². The molecule has 0 heterocycles. The van der Waals surface area contributed by atoms with Crippen molar-refractivity contribution in [3.8, 4) is 0 Å². The molecule has 4 heteroatoms. The van der Waals surface area contributed by atoms with Crippen molar-refractivity contribution in [1.82, 2.24) is 5.32 Å². The van der Waals surface area contributed by atoms with Gasteiger partial charge in [-0.05, 0) is 31.4 Å². The minimum atomic E-state index is 0.102. The zero-order valence-corrected chi connectivity index (χ0v) is 11.9. The van der Waals surface area contributed by atoms with Crippen LogP contribution in [0.25, 0.3) is 0 Å². The van der Waals surface area contributed by atoms with Crippen molar-refractivity contribution in [3.63, 3.8) is 0 Å². The third kappa shape index (κ3) is 3.85. The molecular weight excluding hydrogens is 257 g/mol. The first kappa shape index (κ1) is 14.8. The second kappa shape index (κ2) is 6.60. The maximum Gasteiger partial charge on any atom is 0.0639 e. The van der Waals surface area contributed by atoms with Crippen LogP contribution in [-0.2, 0) is 0 Å². The summed E-state index contributed by atoms with van der Waals surface area (Å²) in [5.74, 6) is 0.204. The predicted molar refractivity (Wildman–Crippen MR) is 73.7 cm³/mol. The highest BCUT2D eigenvalue weighted by molar-refractivity contribution is 6.42. The number of aliphatic hydroxyl groups excluding tert-OH is 1. The van der Waals surface area contributed by atoms with E-state index in [0.717, 1.165) is 5.56 Å². The lowest BCUT2D eigenvalue weighted by atomic mass is 10.0. The van der Waals surface area contributed by atoms with Crippen molar-refractivity contribution in [2.75, 3.05) is 6.61 Å². The van der Waals surface area contributed by atoms with Gasteiger partial charge in [0.15, 0.2) is 0 Å². The van der Waals surface area contributed by atoms with E-state index in [0.29, 0.717) is 10.0 Å². The Bertz CT molecular complexity index is 370. The van der Waals surface area contributed by atoms with E-state index in [1.807, 2.05) is 26.0 Å². The highest BCUT2D eigenvalue weighted by Gasteiger charge is 2.17. The van der Waals surface area contributed by atoms with E-state index >= 15 is 0 Å². The van der Waals surface area contributed by atoms with Crippen LogP contribution < -0.4 is 5.32 Å². The van der Waals surface area contributed by atoms with Crippen molar-refractivity contribution >= 4 is 23.2 Å². The summed E-state index contributed by atoms with van der Waals surface area (Å²) < 4.78 is 0. The van der Waals surface area contributed by atoms with Crippen molar-refractivity contribution in [2.24, 2.45) is 5.92 Å². The second-order valence-corrected chi connectivity index (χ2v) is 5.27. The quantitative estimate of drug-likeness (QED) is 0.860. The fourth-order valence-corrected chi connectivity index (χ4v) is 2.13. The molecule has 17 heavy (non-hydrogen) atoms. The average Bonchev–Trinajstić information content (AvgIpc) is 2.31. The van der Waals surface area contributed by atoms with Gasteiger partial charge in [0.25, 0.3) is 0 Å². The van der Waals surface area contributed by atoms with Crippen LogP contribution in [0.4, 0.5) is 0 Å². The molecule has 0 spiro atoms. The van der Waals surface area contributed by atoms with Gasteiger partial charge in [0, 0.05) is 18.7 Å². The molecule has 0 saturated carbocycles. The summed E-state index contributed by atoms with van der Waals surface area (Å²) in [4.78, 5) is 0. The van der Waals surface area contributed by atoms with Crippen molar-refractivity contribution in [2.45, 2.75) is 32.9 Å². The molecule has 0 fully saturated rings. The van der Waals surface area contributed by atoms with Crippen LogP contribution >= 0.6 is 23.2 Å². The largest absolute Gasteiger partial charge is 0.396 e. The lowest BCUT2D eigenvalue weighted by Gasteiger charge is -2.25. The van der Waals surface area contributed by atoms with Gasteiger partial charge in [-0.25, -0.2) is 0 Å². The minimum absolute atomic E-state index is 0.102. The van der Waals surface area contributed by atoms with Gasteiger partial charge in [0.05, 0.1) is 10.0 Å². The Balaban J connectivity index is 2.76. The minimum Gasteiger partial charge on any atom is -0.396 e. The van der Waals surface area contributed by atoms with Gasteiger partial charge in [-0.1, -0.05) is 42.3 Å². The van der Waals surface area contributed by atoms with Crippen molar-refractivity contribution in [1.29, 1.82) is 0 Å². The Morgan fingerprint density at radius 2 is 1.88 bits per heavy atom. The highest BCUT2D eigenvalue weighted by Crippen LogP contribution is 2.30. The summed E-state index contributed by atoms with van der Waals surface area (Å²) >= 11 is 12.1. The third-order valence-corrected chi connectivity index (χ3v) is 3.94. The molecule has 1 rings (SSSR count). The maximum atomic E-state index is 9.10. The first-order chi connectivity index (χ1) is 7.97. The lowest BCUT2D eigenvalue weighted by Crippen LogP contribution is -2.35. The molecule has 3 unspecified atom stereocenters. The Labute approximate surface area is 113 Å². The molecule has 2 N–H and O–H groups in total. The van der Waals surface area contributed by atoms with Crippen LogP contribution in [-0.4, -0.2) is 17.8 Å². The summed E-state index contributed by atoms with van der Waals surface area (Å²) in [6.07, 6.45) is 0. The number of hydrogen-bond acceptors (Lipinski definition) is 2. The van der Waals surface area contributed by atoms with E-state index in [2.05, 4.69) is 12.2 Å². The lowest BCUT2D eigenvalue weighted by molar-refractivity contribution is 0.202. The van der Waals surface area contributed by atoms with Gasteiger partial charge in [-0.3, -0.25) is 0 Å². The Hall–Kier alpha value is -0.280. The molecule has 0 aliphatic carbocycles. The predicted octanol–water partition coefficient (Wildman–Crippen LogP) is 3.66. The highest BCUT2D eigenvalue weighted by atomic mass is 35.5. The molecule has 0 aliphatic rings. The summed E-state index contributed by atoms with van der Waals surface area (Å²) in [6.45, 7) is 6.27. The number of aliphatic hydroxyl groups is 1. The first-order valence-corrected chi connectivity index (χ1v) is 6.53. The zero-order valence-electron chi connectivity index (χ0n) is 10.4. The molecular formula is C13H19Cl2NO. The number of rotatable bonds is 5. The van der Waals surface area contributed by atoms with Gasteiger partial charge in [-0.15, -0.1) is 0 Å². The van der Waals surface area contributed by atoms with E-state index in [-0.39, 0.29) is 24.6 Å². The Morgan fingerprint density at radius 1 is 1.24 bits per heavy atom. The number of nitrogens with one attached hydrogen (secondary N) is 1. The van der Waals surface area contributed by atoms with Gasteiger partial charge in [-0.2, -0.15) is 0 Å². The van der Waals surface area contributed by atoms with Crippen LogP contribution in [0.2, 0.25) is 10.0 Å². The summed E-state index contributed by atoms with van der Waals surface area (Å²) in [6, 6.07) is 5.94. The molecule has 0 bridgehead atoms. The molecule has 2 nitrogen and oxygen atoms in total. The Kier molecular flexibility index (Phi) is 5.74. The van der Waals surface area contributed by atoms with Gasteiger partial charge in [0.2, 0.25) is 0 Å². The van der Waals surface area contributed by atoms with E-state index in [4.69, 9.17) is 28.3 Å². The van der Waals surface area contributed by atoms with E-state index in [1.165, 1.54) is 0 Å². The van der Waals surface area contributed by atoms with Gasteiger partial charge >= 0.3 is 0 Å². The summed E-state index contributed by atoms with van der Waals surface area (Å²) in [7, 11) is 0.